The molecule has 0 amide bonds. The molecule has 2 aliphatic rings. The topological polar surface area (TPSA) is 57.9 Å². The predicted octanol–water partition coefficient (Wildman–Crippen LogP) is 3.63. The van der Waals surface area contributed by atoms with E-state index in [-0.39, 0.29) is 5.82 Å². The van der Waals surface area contributed by atoms with Gasteiger partial charge in [0.1, 0.15) is 11.4 Å². The van der Waals surface area contributed by atoms with Crippen molar-refractivity contribution >= 4 is 0 Å². The van der Waals surface area contributed by atoms with Crippen molar-refractivity contribution in [2.45, 2.75) is 37.2 Å². The number of nitrogens with one attached hydrogen (secondary N) is 1. The van der Waals surface area contributed by atoms with Crippen LogP contribution in [-0.4, -0.2) is 18.1 Å². The van der Waals surface area contributed by atoms with Crippen molar-refractivity contribution in [2.24, 2.45) is 0 Å². The summed E-state index contributed by atoms with van der Waals surface area (Å²) in [5.41, 5.74) is 1.25. The third-order valence-electron chi connectivity index (χ3n) is 5.10. The van der Waals surface area contributed by atoms with Crippen molar-refractivity contribution in [2.75, 3.05) is 13.1 Å². The fraction of sp³-hybridized carbons (Fsp3) is 0.400. The molecule has 2 aromatic rings. The maximum absolute atomic E-state index is 14.4. The van der Waals surface area contributed by atoms with Gasteiger partial charge in [-0.2, -0.15) is 5.26 Å². The van der Waals surface area contributed by atoms with E-state index in [0.29, 0.717) is 22.9 Å². The lowest BCUT2D eigenvalue weighted by atomic mass is 9.94. The van der Waals surface area contributed by atoms with Crippen molar-refractivity contribution in [3.63, 3.8) is 0 Å². The summed E-state index contributed by atoms with van der Waals surface area (Å²) in [4.78, 5) is 4.69. The lowest BCUT2D eigenvalue weighted by Crippen LogP contribution is -2.27. The van der Waals surface area contributed by atoms with Crippen molar-refractivity contribution in [3.8, 4) is 11.9 Å². The first-order chi connectivity index (χ1) is 12.2. The molecule has 1 aromatic heterocycles. The van der Waals surface area contributed by atoms with E-state index < -0.39 is 5.60 Å². The average molecular weight is 337 g/mol. The number of nitriles is 1. The van der Waals surface area contributed by atoms with Crippen molar-refractivity contribution < 1.29 is 9.13 Å². The second kappa shape index (κ2) is 6.45. The smallest absolute Gasteiger partial charge is 0.214 e. The highest BCUT2D eigenvalue weighted by Crippen LogP contribution is 2.50. The highest BCUT2D eigenvalue weighted by atomic mass is 19.1. The Morgan fingerprint density at radius 3 is 2.68 bits per heavy atom. The summed E-state index contributed by atoms with van der Waals surface area (Å²) in [7, 11) is 0. The van der Waals surface area contributed by atoms with E-state index in [1.165, 1.54) is 6.07 Å². The molecule has 1 aliphatic heterocycles. The van der Waals surface area contributed by atoms with Crippen LogP contribution in [-0.2, 0) is 5.60 Å². The fourth-order valence-corrected chi connectivity index (χ4v) is 3.53. The monoisotopic (exact) mass is 337 g/mol. The summed E-state index contributed by atoms with van der Waals surface area (Å²) < 4.78 is 20.5. The number of hydrogen-bond acceptors (Lipinski definition) is 4. The molecule has 0 unspecified atom stereocenters. The van der Waals surface area contributed by atoms with Gasteiger partial charge < -0.3 is 10.1 Å². The molecular formula is C20H20FN3O. The molecule has 1 saturated carbocycles. The maximum Gasteiger partial charge on any atom is 0.214 e. The Hall–Kier alpha value is -2.45. The summed E-state index contributed by atoms with van der Waals surface area (Å²) in [6.07, 6.45) is 3.67. The minimum Gasteiger partial charge on any atom is -0.466 e. The highest BCUT2D eigenvalue weighted by Gasteiger charge is 2.49. The summed E-state index contributed by atoms with van der Waals surface area (Å²) in [5.74, 6) is 0.620. The number of pyridine rings is 1. The molecule has 2 fully saturated rings. The second-order valence-corrected chi connectivity index (χ2v) is 6.83. The molecule has 4 nitrogen and oxygen atoms in total. The largest absolute Gasteiger partial charge is 0.466 e. The number of ether oxygens (including phenoxy) is 1. The Morgan fingerprint density at radius 2 is 2.00 bits per heavy atom. The molecule has 4 rings (SSSR count). The minimum atomic E-state index is -0.641. The van der Waals surface area contributed by atoms with Gasteiger partial charge >= 0.3 is 0 Å². The molecule has 1 saturated heterocycles. The Morgan fingerprint density at radius 1 is 1.20 bits per heavy atom. The van der Waals surface area contributed by atoms with Crippen LogP contribution in [0.1, 0.15) is 48.4 Å². The zero-order valence-electron chi connectivity index (χ0n) is 14.0. The lowest BCUT2D eigenvalue weighted by Gasteiger charge is -2.23. The first-order valence-corrected chi connectivity index (χ1v) is 8.77. The molecule has 5 heteroatoms. The van der Waals surface area contributed by atoms with Gasteiger partial charge in [-0.1, -0.05) is 12.1 Å². The van der Waals surface area contributed by atoms with Gasteiger partial charge in [0.2, 0.25) is 5.88 Å². The Kier molecular flexibility index (Phi) is 4.14. The molecular weight excluding hydrogens is 317 g/mol. The summed E-state index contributed by atoms with van der Waals surface area (Å²) in [6.45, 7) is 2.02. The van der Waals surface area contributed by atoms with Gasteiger partial charge in [0.15, 0.2) is 0 Å². The van der Waals surface area contributed by atoms with Crippen LogP contribution in [0.4, 0.5) is 4.39 Å². The van der Waals surface area contributed by atoms with E-state index >= 15 is 0 Å². The molecule has 0 spiro atoms. The zero-order valence-corrected chi connectivity index (χ0v) is 14.0. The van der Waals surface area contributed by atoms with Gasteiger partial charge in [-0.25, -0.2) is 9.37 Å². The van der Waals surface area contributed by atoms with Gasteiger partial charge in [0, 0.05) is 23.2 Å². The molecule has 1 aromatic carbocycles. The Balaban J connectivity index is 1.56. The van der Waals surface area contributed by atoms with Crippen LogP contribution in [0.15, 0.2) is 36.4 Å². The summed E-state index contributed by atoms with van der Waals surface area (Å²) in [6, 6.07) is 12.4. The quantitative estimate of drug-likeness (QED) is 0.926. The number of piperidine rings is 1. The molecule has 128 valence electrons. The first kappa shape index (κ1) is 16.0. The zero-order chi connectivity index (χ0) is 17.3. The third-order valence-corrected chi connectivity index (χ3v) is 5.10. The highest BCUT2D eigenvalue weighted by molar-refractivity contribution is 5.38. The van der Waals surface area contributed by atoms with E-state index in [2.05, 4.69) is 10.3 Å². The molecule has 1 N–H and O–H groups in total. The van der Waals surface area contributed by atoms with Crippen LogP contribution in [0.5, 0.6) is 5.88 Å². The number of nitrogens with zero attached hydrogens (tertiary/aromatic N) is 2. The lowest BCUT2D eigenvalue weighted by molar-refractivity contribution is 0.167. The number of rotatable bonds is 4. The van der Waals surface area contributed by atoms with E-state index in [1.54, 1.807) is 12.1 Å². The predicted molar refractivity (Wildman–Crippen MR) is 91.7 cm³/mol. The molecule has 2 heterocycles. The Labute approximate surface area is 146 Å². The van der Waals surface area contributed by atoms with Gasteiger partial charge in [-0.3, -0.25) is 0 Å². The third kappa shape index (κ3) is 3.22. The van der Waals surface area contributed by atoms with Crippen LogP contribution in [0.2, 0.25) is 0 Å². The SMILES string of the molecule is N#Cc1ccc(C2(Oc3cccc(C4CCNCC4)n3)CC2)c(F)c1. The standard InChI is InChI=1S/C20H20FN3O/c21-17-12-14(13-22)4-5-16(17)20(8-9-20)25-19-3-1-2-18(24-19)15-6-10-23-11-7-15/h1-5,12,15,23H,6-11H2. The number of halogens is 1. The Bertz CT molecular complexity index is 820. The maximum atomic E-state index is 14.4. The van der Waals surface area contributed by atoms with E-state index in [9.17, 15) is 4.39 Å². The van der Waals surface area contributed by atoms with Crippen LogP contribution in [0.25, 0.3) is 0 Å². The number of aromatic nitrogens is 1. The minimum absolute atomic E-state index is 0.322. The normalized spacial score (nSPS) is 19.2. The molecule has 0 atom stereocenters. The molecule has 0 radical (unpaired) electrons. The van der Waals surface area contributed by atoms with E-state index in [4.69, 9.17) is 10.00 Å². The van der Waals surface area contributed by atoms with Crippen LogP contribution in [0.3, 0.4) is 0 Å². The van der Waals surface area contributed by atoms with Gasteiger partial charge in [0.25, 0.3) is 0 Å². The van der Waals surface area contributed by atoms with Crippen molar-refractivity contribution in [3.05, 3.63) is 59.0 Å². The van der Waals surface area contributed by atoms with Crippen LogP contribution < -0.4 is 10.1 Å². The number of benzene rings is 1. The van der Waals surface area contributed by atoms with Gasteiger partial charge in [-0.05, 0) is 57.0 Å². The fourth-order valence-electron chi connectivity index (χ4n) is 3.53. The summed E-state index contributed by atoms with van der Waals surface area (Å²) in [5, 5.41) is 12.3. The van der Waals surface area contributed by atoms with Crippen molar-refractivity contribution in [1.82, 2.24) is 10.3 Å². The average Bonchev–Trinajstić information content (AvgIpc) is 3.42. The van der Waals surface area contributed by atoms with Crippen LogP contribution >= 0.6 is 0 Å². The van der Waals surface area contributed by atoms with E-state index in [1.807, 2.05) is 24.3 Å². The van der Waals surface area contributed by atoms with Crippen LogP contribution in [0, 0.1) is 17.1 Å². The summed E-state index contributed by atoms with van der Waals surface area (Å²) >= 11 is 0. The van der Waals surface area contributed by atoms with E-state index in [0.717, 1.165) is 44.5 Å². The number of hydrogen-bond donors (Lipinski definition) is 1. The second-order valence-electron chi connectivity index (χ2n) is 6.83. The molecule has 0 bridgehead atoms. The van der Waals surface area contributed by atoms with Gasteiger partial charge in [0.05, 0.1) is 11.6 Å². The van der Waals surface area contributed by atoms with Gasteiger partial charge in [-0.15, -0.1) is 0 Å². The molecule has 25 heavy (non-hydrogen) atoms. The van der Waals surface area contributed by atoms with Crippen molar-refractivity contribution in [1.29, 1.82) is 5.26 Å². The molecule has 1 aliphatic carbocycles. The first-order valence-electron chi connectivity index (χ1n) is 8.77.